The molecular weight excluding hydrogens is 238 g/mol. The van der Waals surface area contributed by atoms with Crippen LogP contribution in [0.15, 0.2) is 30.3 Å². The lowest BCUT2D eigenvalue weighted by atomic mass is 10.0. The van der Waals surface area contributed by atoms with Crippen LogP contribution >= 0.6 is 0 Å². The molecule has 2 heterocycles. The van der Waals surface area contributed by atoms with Crippen molar-refractivity contribution < 1.29 is 4.74 Å². The van der Waals surface area contributed by atoms with E-state index < -0.39 is 0 Å². The second-order valence-corrected chi connectivity index (χ2v) is 5.20. The molecule has 1 aliphatic rings. The van der Waals surface area contributed by atoms with E-state index >= 15 is 0 Å². The van der Waals surface area contributed by atoms with Crippen molar-refractivity contribution in [1.29, 1.82) is 0 Å². The third-order valence-electron chi connectivity index (χ3n) is 3.55. The van der Waals surface area contributed by atoms with Crippen LogP contribution in [0.3, 0.4) is 0 Å². The fraction of sp³-hybridized carbons (Fsp3) is 0.400. The first-order valence-electron chi connectivity index (χ1n) is 6.75. The molecule has 4 nitrogen and oxygen atoms in total. The second kappa shape index (κ2) is 5.05. The Kier molecular flexibility index (Phi) is 3.25. The van der Waals surface area contributed by atoms with Gasteiger partial charge in [0, 0.05) is 23.7 Å². The summed E-state index contributed by atoms with van der Waals surface area (Å²) >= 11 is 0. The summed E-state index contributed by atoms with van der Waals surface area (Å²) in [5.74, 6) is 0.927. The Morgan fingerprint density at radius 1 is 1.32 bits per heavy atom. The fourth-order valence-corrected chi connectivity index (χ4v) is 2.56. The van der Waals surface area contributed by atoms with Crippen LogP contribution in [0, 0.1) is 0 Å². The van der Waals surface area contributed by atoms with Crippen molar-refractivity contribution in [3.63, 3.8) is 0 Å². The Morgan fingerprint density at radius 3 is 3.05 bits per heavy atom. The Labute approximate surface area is 113 Å². The van der Waals surface area contributed by atoms with Crippen LogP contribution in [0.1, 0.15) is 19.8 Å². The summed E-state index contributed by atoms with van der Waals surface area (Å²) in [7, 11) is 0. The van der Waals surface area contributed by atoms with Gasteiger partial charge in [-0.15, -0.1) is 0 Å². The molecule has 1 aliphatic heterocycles. The van der Waals surface area contributed by atoms with Crippen LogP contribution in [0.2, 0.25) is 0 Å². The maximum absolute atomic E-state index is 5.77. The maximum Gasteiger partial charge on any atom is 0.126 e. The van der Waals surface area contributed by atoms with Gasteiger partial charge in [-0.1, -0.05) is 0 Å². The molecule has 0 spiro atoms. The average Bonchev–Trinajstić information content (AvgIpc) is 2.39. The quantitative estimate of drug-likeness (QED) is 0.812. The number of aromatic nitrogens is 1. The zero-order chi connectivity index (χ0) is 13.2. The van der Waals surface area contributed by atoms with Crippen LogP contribution in [-0.4, -0.2) is 23.7 Å². The number of pyridine rings is 1. The molecule has 100 valence electrons. The molecule has 1 aromatic heterocycles. The minimum atomic E-state index is 0.325. The first kappa shape index (κ1) is 12.2. The molecule has 2 atom stereocenters. The van der Waals surface area contributed by atoms with Crippen LogP contribution in [0.25, 0.3) is 10.9 Å². The minimum Gasteiger partial charge on any atom is -0.399 e. The number of anilines is 2. The molecule has 2 unspecified atom stereocenters. The molecule has 1 saturated heterocycles. The number of hydrogen-bond donors (Lipinski definition) is 2. The van der Waals surface area contributed by atoms with Gasteiger partial charge in [0.05, 0.1) is 11.6 Å². The van der Waals surface area contributed by atoms with Crippen molar-refractivity contribution in [2.75, 3.05) is 17.7 Å². The van der Waals surface area contributed by atoms with E-state index in [-0.39, 0.29) is 0 Å². The van der Waals surface area contributed by atoms with Gasteiger partial charge in [0.2, 0.25) is 0 Å². The third kappa shape index (κ3) is 2.79. The Balaban J connectivity index is 1.79. The first-order valence-corrected chi connectivity index (χ1v) is 6.75. The van der Waals surface area contributed by atoms with Crippen molar-refractivity contribution in [3.8, 4) is 0 Å². The molecule has 2 aromatic rings. The Bertz CT molecular complexity index is 585. The average molecular weight is 257 g/mol. The standard InChI is InChI=1S/C15H19N3O/c1-10-8-13(6-7-19-10)17-15-5-2-11-9-12(16)3-4-14(11)18-15/h2-5,9-10,13H,6-8,16H2,1H3,(H,17,18). The van der Waals surface area contributed by atoms with E-state index in [1.165, 1.54) is 0 Å². The van der Waals surface area contributed by atoms with Gasteiger partial charge in [-0.25, -0.2) is 4.98 Å². The Hall–Kier alpha value is -1.81. The number of benzene rings is 1. The number of nitrogens with zero attached hydrogens (tertiary/aromatic N) is 1. The molecule has 19 heavy (non-hydrogen) atoms. The van der Waals surface area contributed by atoms with Gasteiger partial charge < -0.3 is 15.8 Å². The van der Waals surface area contributed by atoms with Gasteiger partial charge >= 0.3 is 0 Å². The van der Waals surface area contributed by atoms with E-state index in [0.29, 0.717) is 12.1 Å². The summed E-state index contributed by atoms with van der Waals surface area (Å²) in [4.78, 5) is 4.63. The van der Waals surface area contributed by atoms with Crippen LogP contribution < -0.4 is 11.1 Å². The van der Waals surface area contributed by atoms with Gasteiger partial charge in [-0.05, 0) is 50.1 Å². The van der Waals surface area contributed by atoms with Crippen LogP contribution in [0.4, 0.5) is 11.5 Å². The molecule has 0 saturated carbocycles. The summed E-state index contributed by atoms with van der Waals surface area (Å²) in [6, 6.07) is 10.3. The van der Waals surface area contributed by atoms with Crippen molar-refractivity contribution in [2.45, 2.75) is 31.9 Å². The monoisotopic (exact) mass is 257 g/mol. The zero-order valence-corrected chi connectivity index (χ0v) is 11.1. The number of fused-ring (bicyclic) bond motifs is 1. The van der Waals surface area contributed by atoms with Gasteiger partial charge in [0.25, 0.3) is 0 Å². The number of ether oxygens (including phenoxy) is 1. The lowest BCUT2D eigenvalue weighted by molar-refractivity contribution is 0.0232. The van der Waals surface area contributed by atoms with Crippen molar-refractivity contribution in [2.24, 2.45) is 0 Å². The highest BCUT2D eigenvalue weighted by Crippen LogP contribution is 2.21. The molecule has 0 amide bonds. The summed E-state index contributed by atoms with van der Waals surface area (Å²) in [5.41, 5.74) is 7.51. The predicted octanol–water partition coefficient (Wildman–Crippen LogP) is 2.80. The summed E-state index contributed by atoms with van der Waals surface area (Å²) in [5, 5.41) is 4.57. The van der Waals surface area contributed by atoms with E-state index in [4.69, 9.17) is 10.5 Å². The van der Waals surface area contributed by atoms with Gasteiger partial charge in [-0.3, -0.25) is 0 Å². The molecule has 0 bridgehead atoms. The molecular formula is C15H19N3O. The number of nitrogen functional groups attached to an aromatic ring is 1. The largest absolute Gasteiger partial charge is 0.399 e. The number of hydrogen-bond acceptors (Lipinski definition) is 4. The topological polar surface area (TPSA) is 60.2 Å². The van der Waals surface area contributed by atoms with E-state index in [1.54, 1.807) is 0 Å². The minimum absolute atomic E-state index is 0.325. The predicted molar refractivity (Wildman–Crippen MR) is 78.2 cm³/mol. The molecule has 0 radical (unpaired) electrons. The summed E-state index contributed by atoms with van der Waals surface area (Å²) in [6.07, 6.45) is 2.39. The molecule has 1 fully saturated rings. The highest BCUT2D eigenvalue weighted by atomic mass is 16.5. The van der Waals surface area contributed by atoms with E-state index in [1.807, 2.05) is 24.3 Å². The second-order valence-electron chi connectivity index (χ2n) is 5.20. The number of nitrogens with two attached hydrogens (primary N) is 1. The highest BCUT2D eigenvalue weighted by molar-refractivity contribution is 5.83. The van der Waals surface area contributed by atoms with Crippen LogP contribution in [0.5, 0.6) is 0 Å². The van der Waals surface area contributed by atoms with Crippen LogP contribution in [-0.2, 0) is 4.74 Å². The van der Waals surface area contributed by atoms with Gasteiger partial charge in [0.15, 0.2) is 0 Å². The molecule has 0 aliphatic carbocycles. The van der Waals surface area contributed by atoms with E-state index in [0.717, 1.165) is 41.9 Å². The lowest BCUT2D eigenvalue weighted by Crippen LogP contribution is -2.32. The molecule has 3 rings (SSSR count). The highest BCUT2D eigenvalue weighted by Gasteiger charge is 2.19. The molecule has 1 aromatic carbocycles. The van der Waals surface area contributed by atoms with Crippen molar-refractivity contribution in [1.82, 2.24) is 4.98 Å². The van der Waals surface area contributed by atoms with Gasteiger partial charge in [-0.2, -0.15) is 0 Å². The summed E-state index contributed by atoms with van der Waals surface area (Å²) in [6.45, 7) is 2.94. The molecule has 3 N–H and O–H groups in total. The van der Waals surface area contributed by atoms with Gasteiger partial charge in [0.1, 0.15) is 5.82 Å². The molecule has 4 heteroatoms. The first-order chi connectivity index (χ1) is 9.20. The summed E-state index contributed by atoms with van der Waals surface area (Å²) < 4.78 is 5.55. The van der Waals surface area contributed by atoms with Crippen molar-refractivity contribution in [3.05, 3.63) is 30.3 Å². The van der Waals surface area contributed by atoms with E-state index in [2.05, 4.69) is 23.3 Å². The number of rotatable bonds is 2. The zero-order valence-electron chi connectivity index (χ0n) is 11.1. The normalized spacial score (nSPS) is 23.4. The maximum atomic E-state index is 5.77. The van der Waals surface area contributed by atoms with Crippen molar-refractivity contribution >= 4 is 22.4 Å². The smallest absolute Gasteiger partial charge is 0.126 e. The third-order valence-corrected chi connectivity index (χ3v) is 3.55. The SMILES string of the molecule is CC1CC(Nc2ccc3cc(N)ccc3n2)CCO1. The number of nitrogens with one attached hydrogen (secondary N) is 1. The fourth-order valence-electron chi connectivity index (χ4n) is 2.56. The van der Waals surface area contributed by atoms with E-state index in [9.17, 15) is 0 Å². The lowest BCUT2D eigenvalue weighted by Gasteiger charge is -2.28. The Morgan fingerprint density at radius 2 is 2.21 bits per heavy atom.